The zero-order chi connectivity index (χ0) is 23.8. The van der Waals surface area contributed by atoms with Crippen LogP contribution in [0.15, 0.2) is 77.7 Å². The maximum absolute atomic E-state index is 12.5. The molecule has 0 aliphatic carbocycles. The summed E-state index contributed by atoms with van der Waals surface area (Å²) in [5, 5.41) is 5.63. The smallest absolute Gasteiger partial charge is 0.255 e. The van der Waals surface area contributed by atoms with E-state index in [2.05, 4.69) is 21.3 Å². The fourth-order valence-corrected chi connectivity index (χ4v) is 3.89. The monoisotopic (exact) mass is 461 g/mol. The number of benzene rings is 3. The second kappa shape index (κ2) is 10.6. The van der Waals surface area contributed by atoms with Crippen LogP contribution in [-0.2, 0) is 16.6 Å². The second-order valence-corrected chi connectivity index (χ2v) is 9.02. The van der Waals surface area contributed by atoms with Gasteiger partial charge in [-0.15, -0.1) is 6.42 Å². The Bertz CT molecular complexity index is 1290. The van der Waals surface area contributed by atoms with E-state index in [9.17, 15) is 18.0 Å². The Kier molecular flexibility index (Phi) is 7.61. The van der Waals surface area contributed by atoms with E-state index < -0.39 is 10.0 Å². The summed E-state index contributed by atoms with van der Waals surface area (Å²) in [6.07, 6.45) is 5.07. The molecule has 0 aromatic heterocycles. The number of sulfonamides is 1. The largest absolute Gasteiger partial charge is 0.348 e. The number of hydrogen-bond donors (Lipinski definition) is 3. The summed E-state index contributed by atoms with van der Waals surface area (Å²) in [5.74, 6) is 1.63. The molecule has 3 aromatic carbocycles. The summed E-state index contributed by atoms with van der Waals surface area (Å²) in [7, 11) is -3.72. The molecule has 0 radical (unpaired) electrons. The number of rotatable bonds is 8. The van der Waals surface area contributed by atoms with Crippen molar-refractivity contribution < 1.29 is 18.0 Å². The molecule has 0 fully saturated rings. The van der Waals surface area contributed by atoms with Gasteiger partial charge in [0.25, 0.3) is 11.8 Å². The highest BCUT2D eigenvalue weighted by molar-refractivity contribution is 7.89. The number of aryl methyl sites for hydroxylation is 1. The van der Waals surface area contributed by atoms with E-state index in [4.69, 9.17) is 6.42 Å². The van der Waals surface area contributed by atoms with Crippen LogP contribution in [0.5, 0.6) is 0 Å². The van der Waals surface area contributed by atoms with Crippen LogP contribution in [0.4, 0.5) is 5.69 Å². The highest BCUT2D eigenvalue weighted by atomic mass is 32.2. The topological polar surface area (TPSA) is 104 Å². The molecule has 168 valence electrons. The average molecular weight is 462 g/mol. The number of nitrogens with one attached hydrogen (secondary N) is 3. The minimum absolute atomic E-state index is 0.0197. The molecular weight excluding hydrogens is 438 g/mol. The van der Waals surface area contributed by atoms with E-state index in [1.165, 1.54) is 24.3 Å². The van der Waals surface area contributed by atoms with Gasteiger partial charge >= 0.3 is 0 Å². The third-order valence-electron chi connectivity index (χ3n) is 4.74. The molecular formula is C25H23N3O4S. The Morgan fingerprint density at radius 1 is 0.909 bits per heavy atom. The van der Waals surface area contributed by atoms with Gasteiger partial charge in [-0.05, 0) is 61.0 Å². The van der Waals surface area contributed by atoms with Gasteiger partial charge in [0.15, 0.2) is 0 Å². The third kappa shape index (κ3) is 6.53. The number of carbonyl (C=O) groups is 2. The molecule has 0 bridgehead atoms. The van der Waals surface area contributed by atoms with Crippen molar-refractivity contribution in [3.8, 4) is 12.3 Å². The first-order valence-corrected chi connectivity index (χ1v) is 11.5. The van der Waals surface area contributed by atoms with Crippen LogP contribution in [0, 0.1) is 19.3 Å². The predicted molar refractivity (Wildman–Crippen MR) is 127 cm³/mol. The molecule has 3 rings (SSSR count). The molecule has 2 amide bonds. The minimum Gasteiger partial charge on any atom is -0.348 e. The third-order valence-corrected chi connectivity index (χ3v) is 6.16. The zero-order valence-electron chi connectivity index (χ0n) is 18.0. The Morgan fingerprint density at radius 2 is 1.55 bits per heavy atom. The minimum atomic E-state index is -3.72. The molecule has 0 aliphatic heterocycles. The van der Waals surface area contributed by atoms with Crippen LogP contribution in [-0.4, -0.2) is 26.8 Å². The Balaban J connectivity index is 1.60. The molecule has 0 saturated carbocycles. The highest BCUT2D eigenvalue weighted by Crippen LogP contribution is 2.14. The fourth-order valence-electron chi connectivity index (χ4n) is 2.96. The Morgan fingerprint density at radius 3 is 2.21 bits per heavy atom. The summed E-state index contributed by atoms with van der Waals surface area (Å²) < 4.78 is 26.4. The quantitative estimate of drug-likeness (QED) is 0.449. The molecule has 3 N–H and O–H groups in total. The molecule has 0 saturated heterocycles. The van der Waals surface area contributed by atoms with Crippen molar-refractivity contribution in [3.05, 3.63) is 95.1 Å². The maximum Gasteiger partial charge on any atom is 0.255 e. The van der Waals surface area contributed by atoms with Crippen molar-refractivity contribution in [2.75, 3.05) is 11.9 Å². The van der Waals surface area contributed by atoms with E-state index in [0.29, 0.717) is 16.8 Å². The molecule has 3 aromatic rings. The van der Waals surface area contributed by atoms with Crippen LogP contribution in [0.2, 0.25) is 0 Å². The van der Waals surface area contributed by atoms with E-state index in [1.807, 2.05) is 25.1 Å². The summed E-state index contributed by atoms with van der Waals surface area (Å²) in [6.45, 7) is 2.07. The van der Waals surface area contributed by atoms with Crippen molar-refractivity contribution in [2.24, 2.45) is 0 Å². The molecule has 0 spiro atoms. The van der Waals surface area contributed by atoms with Crippen LogP contribution < -0.4 is 15.4 Å². The molecule has 8 heteroatoms. The lowest BCUT2D eigenvalue weighted by molar-refractivity contribution is 0.0949. The fraction of sp³-hybridized carbons (Fsp3) is 0.120. The first-order valence-electron chi connectivity index (χ1n) is 10.1. The number of anilines is 1. The van der Waals surface area contributed by atoms with Gasteiger partial charge in [0.05, 0.1) is 11.4 Å². The number of terminal acetylenes is 1. The first-order chi connectivity index (χ1) is 15.8. The molecule has 7 nitrogen and oxygen atoms in total. The Hall–Kier alpha value is -3.93. The first kappa shape index (κ1) is 23.7. The lowest BCUT2D eigenvalue weighted by atomic mass is 10.1. The van der Waals surface area contributed by atoms with Crippen LogP contribution >= 0.6 is 0 Å². The van der Waals surface area contributed by atoms with Gasteiger partial charge in [-0.25, -0.2) is 8.42 Å². The highest BCUT2D eigenvalue weighted by Gasteiger charge is 2.14. The maximum atomic E-state index is 12.5. The average Bonchev–Trinajstić information content (AvgIpc) is 2.82. The lowest BCUT2D eigenvalue weighted by Crippen LogP contribution is -2.25. The lowest BCUT2D eigenvalue weighted by Gasteiger charge is -2.10. The molecule has 33 heavy (non-hydrogen) atoms. The van der Waals surface area contributed by atoms with E-state index in [-0.39, 0.29) is 29.8 Å². The number of amides is 2. The Labute approximate surface area is 193 Å². The normalized spacial score (nSPS) is 10.8. The summed E-state index contributed by atoms with van der Waals surface area (Å²) in [6, 6.07) is 20.0. The standard InChI is InChI=1S/C25H23N3O4S/c1-3-15-27-33(31,32)23-13-11-20(12-14-23)24(29)26-17-19-5-4-6-22(16-19)28-25(30)21-9-7-18(2)8-10-21/h1,4-14,16,27H,15,17H2,2H3,(H,26,29)(H,28,30). The predicted octanol–water partition coefficient (Wildman–Crippen LogP) is 3.09. The van der Waals surface area contributed by atoms with Crippen LogP contribution in [0.3, 0.4) is 0 Å². The van der Waals surface area contributed by atoms with Crippen molar-refractivity contribution in [2.45, 2.75) is 18.4 Å². The number of hydrogen-bond acceptors (Lipinski definition) is 4. The van der Waals surface area contributed by atoms with E-state index in [0.717, 1.165) is 11.1 Å². The van der Waals surface area contributed by atoms with Gasteiger partial charge in [-0.1, -0.05) is 35.7 Å². The summed E-state index contributed by atoms with van der Waals surface area (Å²) in [5.41, 5.74) is 3.35. The zero-order valence-corrected chi connectivity index (χ0v) is 18.8. The second-order valence-electron chi connectivity index (χ2n) is 7.26. The summed E-state index contributed by atoms with van der Waals surface area (Å²) >= 11 is 0. The van der Waals surface area contributed by atoms with Gasteiger partial charge in [0.1, 0.15) is 0 Å². The van der Waals surface area contributed by atoms with E-state index >= 15 is 0 Å². The summed E-state index contributed by atoms with van der Waals surface area (Å²) in [4.78, 5) is 24.9. The van der Waals surface area contributed by atoms with Gasteiger partial charge in [-0.3, -0.25) is 9.59 Å². The van der Waals surface area contributed by atoms with Crippen molar-refractivity contribution in [1.82, 2.24) is 10.0 Å². The van der Waals surface area contributed by atoms with Gasteiger partial charge in [0.2, 0.25) is 10.0 Å². The van der Waals surface area contributed by atoms with Crippen molar-refractivity contribution in [1.29, 1.82) is 0 Å². The van der Waals surface area contributed by atoms with Crippen LogP contribution in [0.25, 0.3) is 0 Å². The number of carbonyl (C=O) groups excluding carboxylic acids is 2. The molecule has 0 aliphatic rings. The molecule has 0 unspecified atom stereocenters. The van der Waals surface area contributed by atoms with Gasteiger partial charge < -0.3 is 10.6 Å². The van der Waals surface area contributed by atoms with Crippen molar-refractivity contribution >= 4 is 27.5 Å². The molecule has 0 heterocycles. The van der Waals surface area contributed by atoms with Crippen LogP contribution in [0.1, 0.15) is 31.8 Å². The van der Waals surface area contributed by atoms with Crippen molar-refractivity contribution in [3.63, 3.8) is 0 Å². The molecule has 0 atom stereocenters. The van der Waals surface area contributed by atoms with E-state index in [1.54, 1.807) is 30.3 Å². The van der Waals surface area contributed by atoms with Gasteiger partial charge in [-0.2, -0.15) is 4.72 Å². The SMILES string of the molecule is C#CCNS(=O)(=O)c1ccc(C(=O)NCc2cccc(NC(=O)c3ccc(C)cc3)c2)cc1. The van der Waals surface area contributed by atoms with Gasteiger partial charge in [0, 0.05) is 23.4 Å².